The molecule has 1 heteroatoms. The molecule has 1 aliphatic carbocycles. The quantitative estimate of drug-likeness (QED) is 0.592. The molecule has 0 aromatic heterocycles. The Hall–Kier alpha value is -0.0400. The van der Waals surface area contributed by atoms with Crippen LogP contribution in [0.1, 0.15) is 47.0 Å². The van der Waals surface area contributed by atoms with Crippen LogP contribution < -0.4 is 0 Å². The van der Waals surface area contributed by atoms with E-state index in [9.17, 15) is 5.11 Å². The summed E-state index contributed by atoms with van der Waals surface area (Å²) in [5, 5.41) is 9.56. The van der Waals surface area contributed by atoms with Gasteiger partial charge in [0.15, 0.2) is 0 Å². The SMILES string of the molecule is C[C@@H]1C[C@@H](C(C)(C)C)CCC1O. The molecule has 0 aliphatic heterocycles. The second kappa shape index (κ2) is 3.37. The summed E-state index contributed by atoms with van der Waals surface area (Å²) < 4.78 is 0. The molecule has 0 radical (unpaired) electrons. The first-order chi connectivity index (χ1) is 5.41. The summed E-state index contributed by atoms with van der Waals surface area (Å²) in [4.78, 5) is 0. The molecule has 0 spiro atoms. The van der Waals surface area contributed by atoms with Gasteiger partial charge in [-0.3, -0.25) is 0 Å². The minimum atomic E-state index is -0.0383. The zero-order valence-corrected chi connectivity index (χ0v) is 8.80. The van der Waals surface area contributed by atoms with Gasteiger partial charge < -0.3 is 5.11 Å². The number of hydrogen-bond acceptors (Lipinski definition) is 1. The number of hydrogen-bond donors (Lipinski definition) is 1. The molecular weight excluding hydrogens is 148 g/mol. The van der Waals surface area contributed by atoms with Crippen LogP contribution in [-0.4, -0.2) is 11.2 Å². The van der Waals surface area contributed by atoms with Gasteiger partial charge in [0, 0.05) is 0 Å². The molecule has 0 saturated heterocycles. The van der Waals surface area contributed by atoms with E-state index in [1.165, 1.54) is 12.8 Å². The average molecular weight is 170 g/mol. The zero-order chi connectivity index (χ0) is 9.35. The predicted octanol–water partition coefficient (Wildman–Crippen LogP) is 2.83. The fourth-order valence-corrected chi connectivity index (χ4v) is 2.17. The smallest absolute Gasteiger partial charge is 0.0566 e. The second-order valence-electron chi connectivity index (χ2n) is 5.42. The Balaban J connectivity index is 2.51. The van der Waals surface area contributed by atoms with Crippen LogP contribution in [0.4, 0.5) is 0 Å². The lowest BCUT2D eigenvalue weighted by Crippen LogP contribution is -2.33. The Bertz CT molecular complexity index is 146. The van der Waals surface area contributed by atoms with Gasteiger partial charge in [-0.15, -0.1) is 0 Å². The monoisotopic (exact) mass is 170 g/mol. The highest BCUT2D eigenvalue weighted by Gasteiger charge is 2.32. The zero-order valence-electron chi connectivity index (χ0n) is 8.80. The molecule has 72 valence electrons. The summed E-state index contributed by atoms with van der Waals surface area (Å²) in [6, 6.07) is 0. The molecule has 0 aromatic carbocycles. The first kappa shape index (κ1) is 10.0. The molecule has 12 heavy (non-hydrogen) atoms. The van der Waals surface area contributed by atoms with Crippen LogP contribution in [0, 0.1) is 17.3 Å². The Morgan fingerprint density at radius 2 is 1.75 bits per heavy atom. The molecule has 0 heterocycles. The van der Waals surface area contributed by atoms with Crippen LogP contribution in [0.25, 0.3) is 0 Å². The van der Waals surface area contributed by atoms with E-state index in [0.29, 0.717) is 11.3 Å². The van der Waals surface area contributed by atoms with Crippen LogP contribution >= 0.6 is 0 Å². The van der Waals surface area contributed by atoms with Gasteiger partial charge in [0.05, 0.1) is 6.10 Å². The Labute approximate surface area is 76.2 Å². The molecule has 1 unspecified atom stereocenters. The molecule has 1 rings (SSSR count). The molecule has 3 atom stereocenters. The maximum absolute atomic E-state index is 9.56. The maximum atomic E-state index is 9.56. The third kappa shape index (κ3) is 2.22. The van der Waals surface area contributed by atoms with Crippen LogP contribution in [-0.2, 0) is 0 Å². The van der Waals surface area contributed by atoms with Gasteiger partial charge in [0.25, 0.3) is 0 Å². The van der Waals surface area contributed by atoms with Crippen molar-refractivity contribution in [3.8, 4) is 0 Å². The maximum Gasteiger partial charge on any atom is 0.0566 e. The first-order valence-corrected chi connectivity index (χ1v) is 5.09. The van der Waals surface area contributed by atoms with E-state index in [1.807, 2.05) is 0 Å². The van der Waals surface area contributed by atoms with E-state index in [0.717, 1.165) is 12.3 Å². The molecule has 1 fully saturated rings. The van der Waals surface area contributed by atoms with Gasteiger partial charge in [-0.2, -0.15) is 0 Å². The van der Waals surface area contributed by atoms with Crippen LogP contribution in [0.2, 0.25) is 0 Å². The van der Waals surface area contributed by atoms with Crippen LogP contribution in [0.3, 0.4) is 0 Å². The van der Waals surface area contributed by atoms with Crippen LogP contribution in [0.15, 0.2) is 0 Å². The van der Waals surface area contributed by atoms with Crippen molar-refractivity contribution in [3.63, 3.8) is 0 Å². The third-order valence-electron chi connectivity index (χ3n) is 3.35. The molecule has 0 amide bonds. The van der Waals surface area contributed by atoms with E-state index >= 15 is 0 Å². The van der Waals surface area contributed by atoms with E-state index in [2.05, 4.69) is 27.7 Å². The lowest BCUT2D eigenvalue weighted by molar-refractivity contribution is 0.0274. The van der Waals surface area contributed by atoms with E-state index in [4.69, 9.17) is 0 Å². The molecule has 1 nitrogen and oxygen atoms in total. The highest BCUT2D eigenvalue weighted by molar-refractivity contribution is 4.83. The molecule has 1 saturated carbocycles. The molecule has 0 bridgehead atoms. The standard InChI is InChI=1S/C11H22O/c1-8-7-9(11(2,3)4)5-6-10(8)12/h8-10,12H,5-7H2,1-4H3/t8-,9+,10?/m1/s1. The van der Waals surface area contributed by atoms with Gasteiger partial charge in [0.1, 0.15) is 0 Å². The van der Waals surface area contributed by atoms with Crippen molar-refractivity contribution in [2.45, 2.75) is 53.1 Å². The summed E-state index contributed by atoms with van der Waals surface area (Å²) >= 11 is 0. The number of aliphatic hydroxyl groups is 1. The summed E-state index contributed by atoms with van der Waals surface area (Å²) in [5.74, 6) is 1.30. The van der Waals surface area contributed by atoms with Gasteiger partial charge in [0.2, 0.25) is 0 Å². The lowest BCUT2D eigenvalue weighted by atomic mass is 9.69. The number of rotatable bonds is 0. The minimum absolute atomic E-state index is 0.0383. The van der Waals surface area contributed by atoms with Crippen molar-refractivity contribution in [3.05, 3.63) is 0 Å². The molecule has 1 aliphatic rings. The van der Waals surface area contributed by atoms with Gasteiger partial charge in [-0.1, -0.05) is 27.7 Å². The molecule has 1 N–H and O–H groups in total. The fourth-order valence-electron chi connectivity index (χ4n) is 2.17. The van der Waals surface area contributed by atoms with Crippen molar-refractivity contribution < 1.29 is 5.11 Å². The predicted molar refractivity (Wildman–Crippen MR) is 52.0 cm³/mol. The van der Waals surface area contributed by atoms with Crippen molar-refractivity contribution in [1.82, 2.24) is 0 Å². The highest BCUT2D eigenvalue weighted by Crippen LogP contribution is 2.39. The summed E-state index contributed by atoms with van der Waals surface area (Å²) in [6.07, 6.45) is 3.37. The summed E-state index contributed by atoms with van der Waals surface area (Å²) in [7, 11) is 0. The van der Waals surface area contributed by atoms with Gasteiger partial charge in [-0.05, 0) is 36.5 Å². The lowest BCUT2D eigenvalue weighted by Gasteiger charge is -2.38. The van der Waals surface area contributed by atoms with Crippen molar-refractivity contribution in [1.29, 1.82) is 0 Å². The summed E-state index contributed by atoms with van der Waals surface area (Å²) in [5.41, 5.74) is 0.425. The highest BCUT2D eigenvalue weighted by atomic mass is 16.3. The minimum Gasteiger partial charge on any atom is -0.393 e. The van der Waals surface area contributed by atoms with Crippen molar-refractivity contribution >= 4 is 0 Å². The van der Waals surface area contributed by atoms with E-state index in [1.54, 1.807) is 0 Å². The summed E-state index contributed by atoms with van der Waals surface area (Å²) in [6.45, 7) is 9.09. The Morgan fingerprint density at radius 1 is 1.17 bits per heavy atom. The fraction of sp³-hybridized carbons (Fsp3) is 1.00. The normalized spacial score (nSPS) is 38.2. The molecular formula is C11H22O. The average Bonchev–Trinajstić information content (AvgIpc) is 1.92. The Kier molecular flexibility index (Phi) is 2.82. The second-order valence-corrected chi connectivity index (χ2v) is 5.42. The largest absolute Gasteiger partial charge is 0.393 e. The van der Waals surface area contributed by atoms with Gasteiger partial charge in [-0.25, -0.2) is 0 Å². The number of aliphatic hydroxyl groups excluding tert-OH is 1. The Morgan fingerprint density at radius 3 is 2.17 bits per heavy atom. The van der Waals surface area contributed by atoms with Crippen LogP contribution in [0.5, 0.6) is 0 Å². The van der Waals surface area contributed by atoms with Crippen molar-refractivity contribution in [2.75, 3.05) is 0 Å². The van der Waals surface area contributed by atoms with Crippen molar-refractivity contribution in [2.24, 2.45) is 17.3 Å². The third-order valence-corrected chi connectivity index (χ3v) is 3.35. The van der Waals surface area contributed by atoms with E-state index < -0.39 is 0 Å². The molecule has 0 aromatic rings. The first-order valence-electron chi connectivity index (χ1n) is 5.09. The van der Waals surface area contributed by atoms with E-state index in [-0.39, 0.29) is 6.10 Å². The topological polar surface area (TPSA) is 20.2 Å². The van der Waals surface area contributed by atoms with Gasteiger partial charge >= 0.3 is 0 Å².